The number of aromatic nitrogens is 2. The molecule has 0 aliphatic heterocycles. The second kappa shape index (κ2) is 8.25. The largest absolute Gasteiger partial charge is 0.391 e. The molecule has 1 aliphatic carbocycles. The zero-order valence-electron chi connectivity index (χ0n) is 16.0. The van der Waals surface area contributed by atoms with Gasteiger partial charge in [0, 0.05) is 23.9 Å². The van der Waals surface area contributed by atoms with Gasteiger partial charge in [0.1, 0.15) is 5.69 Å². The van der Waals surface area contributed by atoms with E-state index in [2.05, 4.69) is 10.4 Å². The average molecular weight is 424 g/mol. The van der Waals surface area contributed by atoms with Gasteiger partial charge in [-0.15, -0.1) is 0 Å². The number of carbonyl (C=O) groups is 1. The summed E-state index contributed by atoms with van der Waals surface area (Å²) >= 11 is 0. The first-order valence-corrected chi connectivity index (χ1v) is 9.30. The van der Waals surface area contributed by atoms with Crippen molar-refractivity contribution < 1.29 is 22.9 Å². The fraction of sp³-hybridized carbons (Fsp3) is 0.421. The van der Waals surface area contributed by atoms with E-state index >= 15 is 0 Å². The predicted octanol–water partition coefficient (Wildman–Crippen LogP) is 3.30. The Bertz CT molecular complexity index is 1040. The summed E-state index contributed by atoms with van der Waals surface area (Å²) in [5.74, 6) is -2.41. The Morgan fingerprint density at radius 3 is 2.67 bits per heavy atom. The van der Waals surface area contributed by atoms with Crippen LogP contribution < -0.4 is 10.7 Å². The number of aryl methyl sites for hydroxylation is 1. The highest BCUT2D eigenvalue weighted by atomic mass is 19.4. The van der Waals surface area contributed by atoms with Crippen LogP contribution in [-0.2, 0) is 0 Å². The van der Waals surface area contributed by atoms with Crippen LogP contribution in [0.2, 0.25) is 0 Å². The van der Waals surface area contributed by atoms with Crippen LogP contribution in [0.1, 0.15) is 41.9 Å². The normalized spacial score (nSPS) is 19.3. The molecule has 0 saturated heterocycles. The van der Waals surface area contributed by atoms with E-state index in [1.165, 1.54) is 25.1 Å². The smallest absolute Gasteiger partial charge is 0.348 e. The van der Waals surface area contributed by atoms with Gasteiger partial charge in [-0.05, 0) is 32.3 Å². The maximum atomic E-state index is 13.0. The number of nitro benzene ring substituents is 1. The molecule has 1 fully saturated rings. The van der Waals surface area contributed by atoms with Gasteiger partial charge in [-0.1, -0.05) is 18.6 Å². The van der Waals surface area contributed by atoms with Crippen molar-refractivity contribution in [1.29, 1.82) is 0 Å². The number of hydrogen-bond acceptors (Lipinski definition) is 5. The first-order valence-electron chi connectivity index (χ1n) is 9.30. The van der Waals surface area contributed by atoms with Crippen LogP contribution in [-0.4, -0.2) is 32.8 Å². The highest BCUT2D eigenvalue weighted by Gasteiger charge is 2.42. The summed E-state index contributed by atoms with van der Waals surface area (Å²) < 4.78 is 40.1. The summed E-state index contributed by atoms with van der Waals surface area (Å²) in [6.07, 6.45) is -3.94. The predicted molar refractivity (Wildman–Crippen MR) is 100 cm³/mol. The van der Waals surface area contributed by atoms with Gasteiger partial charge in [-0.3, -0.25) is 19.7 Å². The number of nitrogens with zero attached hydrogens (tertiary/aromatic N) is 3. The Labute approximate surface area is 168 Å². The minimum absolute atomic E-state index is 0.00311. The van der Waals surface area contributed by atoms with E-state index in [-0.39, 0.29) is 29.9 Å². The molecule has 160 valence electrons. The van der Waals surface area contributed by atoms with Crippen LogP contribution >= 0.6 is 0 Å². The molecular weight excluding hydrogens is 405 g/mol. The molecule has 1 saturated carbocycles. The van der Waals surface area contributed by atoms with Crippen molar-refractivity contribution in [3.05, 3.63) is 62.1 Å². The highest BCUT2D eigenvalue weighted by Crippen LogP contribution is 2.37. The highest BCUT2D eigenvalue weighted by molar-refractivity contribution is 5.92. The van der Waals surface area contributed by atoms with Gasteiger partial charge >= 0.3 is 6.18 Å². The molecular formula is C19H19F3N4O4. The SMILES string of the molecule is Cc1cc(=O)c(C(=O)NC2CCCC(C(F)(F)F)C2)nn1-c1ccccc1[N+](=O)[O-]. The van der Waals surface area contributed by atoms with Gasteiger partial charge in [0.05, 0.1) is 10.8 Å². The van der Waals surface area contributed by atoms with E-state index in [1.54, 1.807) is 6.07 Å². The molecule has 11 heteroatoms. The van der Waals surface area contributed by atoms with Crippen LogP contribution in [0.5, 0.6) is 0 Å². The molecule has 1 amide bonds. The first kappa shape index (κ1) is 21.5. The molecule has 1 aliphatic rings. The lowest BCUT2D eigenvalue weighted by molar-refractivity contribution is -0.384. The monoisotopic (exact) mass is 424 g/mol. The molecule has 30 heavy (non-hydrogen) atoms. The number of para-hydroxylation sites is 2. The van der Waals surface area contributed by atoms with Crippen LogP contribution in [0.3, 0.4) is 0 Å². The standard InChI is InChI=1S/C19H19F3N4O4/c1-11-9-16(27)17(24-25(11)14-7-2-3-8-15(14)26(29)30)18(28)23-13-6-4-5-12(10-13)19(20,21)22/h2-3,7-9,12-13H,4-6,10H2,1H3,(H,23,28). The van der Waals surface area contributed by atoms with Gasteiger partial charge in [-0.25, -0.2) is 4.68 Å². The molecule has 1 heterocycles. The molecule has 0 radical (unpaired) electrons. The third kappa shape index (κ3) is 4.50. The molecule has 2 aromatic rings. The minimum atomic E-state index is -4.34. The van der Waals surface area contributed by atoms with Gasteiger partial charge in [-0.2, -0.15) is 18.3 Å². The van der Waals surface area contributed by atoms with Crippen molar-refractivity contribution in [3.8, 4) is 5.69 Å². The molecule has 0 bridgehead atoms. The summed E-state index contributed by atoms with van der Waals surface area (Å²) in [7, 11) is 0. The zero-order valence-corrected chi connectivity index (χ0v) is 16.0. The Hall–Kier alpha value is -3.24. The second-order valence-electron chi connectivity index (χ2n) is 7.23. The van der Waals surface area contributed by atoms with Crippen molar-refractivity contribution >= 4 is 11.6 Å². The lowest BCUT2D eigenvalue weighted by Crippen LogP contribution is -2.43. The van der Waals surface area contributed by atoms with Crippen LogP contribution in [0.25, 0.3) is 5.69 Å². The second-order valence-corrected chi connectivity index (χ2v) is 7.23. The average Bonchev–Trinajstić information content (AvgIpc) is 2.67. The summed E-state index contributed by atoms with van der Waals surface area (Å²) in [5, 5.41) is 17.7. The van der Waals surface area contributed by atoms with Crippen molar-refractivity contribution in [2.45, 2.75) is 44.8 Å². The Kier molecular flexibility index (Phi) is 5.90. The fourth-order valence-corrected chi connectivity index (χ4v) is 3.62. The summed E-state index contributed by atoms with van der Waals surface area (Å²) in [5.41, 5.74) is -1.20. The number of benzene rings is 1. The zero-order chi connectivity index (χ0) is 22.1. The van der Waals surface area contributed by atoms with Crippen LogP contribution in [0, 0.1) is 23.0 Å². The lowest BCUT2D eigenvalue weighted by atomic mass is 9.85. The molecule has 1 N–H and O–H groups in total. The van der Waals surface area contributed by atoms with E-state index in [4.69, 9.17) is 0 Å². The van der Waals surface area contributed by atoms with E-state index in [0.717, 1.165) is 10.7 Å². The van der Waals surface area contributed by atoms with E-state index in [0.29, 0.717) is 12.8 Å². The van der Waals surface area contributed by atoms with E-state index in [1.807, 2.05) is 0 Å². The van der Waals surface area contributed by atoms with Crippen molar-refractivity contribution in [2.75, 3.05) is 0 Å². The lowest BCUT2D eigenvalue weighted by Gasteiger charge is -2.30. The minimum Gasteiger partial charge on any atom is -0.348 e. The van der Waals surface area contributed by atoms with Gasteiger partial charge in [0.25, 0.3) is 11.6 Å². The Balaban J connectivity index is 1.90. The van der Waals surface area contributed by atoms with E-state index < -0.39 is 40.1 Å². The van der Waals surface area contributed by atoms with Crippen molar-refractivity contribution in [3.63, 3.8) is 0 Å². The number of amides is 1. The maximum Gasteiger partial charge on any atom is 0.391 e. The Morgan fingerprint density at radius 2 is 2.00 bits per heavy atom. The van der Waals surface area contributed by atoms with Gasteiger partial charge in [0.2, 0.25) is 5.43 Å². The van der Waals surface area contributed by atoms with Crippen molar-refractivity contribution in [1.82, 2.24) is 15.1 Å². The van der Waals surface area contributed by atoms with Crippen LogP contribution in [0.15, 0.2) is 35.1 Å². The quantitative estimate of drug-likeness (QED) is 0.599. The van der Waals surface area contributed by atoms with Crippen LogP contribution in [0.4, 0.5) is 18.9 Å². The maximum absolute atomic E-state index is 13.0. The van der Waals surface area contributed by atoms with Crippen molar-refractivity contribution in [2.24, 2.45) is 5.92 Å². The first-order chi connectivity index (χ1) is 14.1. The number of halogens is 3. The number of nitro groups is 1. The molecule has 2 atom stereocenters. The summed E-state index contributed by atoms with van der Waals surface area (Å²) in [4.78, 5) is 35.6. The molecule has 8 nitrogen and oxygen atoms in total. The van der Waals surface area contributed by atoms with Gasteiger partial charge in [0.15, 0.2) is 5.69 Å². The Morgan fingerprint density at radius 1 is 1.30 bits per heavy atom. The number of nitrogens with one attached hydrogen (secondary N) is 1. The number of alkyl halides is 3. The molecule has 1 aromatic carbocycles. The summed E-state index contributed by atoms with van der Waals surface area (Å²) in [6.45, 7) is 1.50. The topological polar surface area (TPSA) is 107 Å². The van der Waals surface area contributed by atoms with E-state index in [9.17, 15) is 32.9 Å². The third-order valence-corrected chi connectivity index (χ3v) is 5.10. The number of carbonyl (C=O) groups excluding carboxylic acids is 1. The molecule has 3 rings (SSSR count). The summed E-state index contributed by atoms with van der Waals surface area (Å²) in [6, 6.07) is 6.05. The number of rotatable bonds is 4. The molecule has 0 spiro atoms. The molecule has 1 aromatic heterocycles. The third-order valence-electron chi connectivity index (χ3n) is 5.10. The number of hydrogen-bond donors (Lipinski definition) is 1. The fourth-order valence-electron chi connectivity index (χ4n) is 3.62. The molecule has 2 unspecified atom stereocenters. The van der Waals surface area contributed by atoms with Gasteiger partial charge < -0.3 is 5.32 Å².